The Morgan fingerprint density at radius 1 is 1.15 bits per heavy atom. The van der Waals surface area contributed by atoms with Gasteiger partial charge in [0.15, 0.2) is 0 Å². The Kier molecular flexibility index (Phi) is 3.23. The Morgan fingerprint density at radius 2 is 1.92 bits per heavy atom. The molecule has 0 N–H and O–H groups in total. The topological polar surface area (TPSA) is 12.5 Å². The molecule has 1 atom stereocenters. The molecule has 0 aromatic carbocycles. The number of rotatable bonds is 2. The second kappa shape index (κ2) is 4.43. The summed E-state index contributed by atoms with van der Waals surface area (Å²) in [7, 11) is 0. The lowest BCUT2D eigenvalue weighted by molar-refractivity contribution is 0.129. The molecule has 1 unspecified atom stereocenters. The molecule has 0 aromatic heterocycles. The fraction of sp³-hybridized carbons (Fsp3) is 1.00. The lowest BCUT2D eigenvalue weighted by atomic mass is 9.84. The van der Waals surface area contributed by atoms with E-state index in [2.05, 4.69) is 11.8 Å². The van der Waals surface area contributed by atoms with Crippen LogP contribution >= 0.6 is 0 Å². The van der Waals surface area contributed by atoms with Crippen LogP contribution in [0.15, 0.2) is 0 Å². The third-order valence-corrected chi connectivity index (χ3v) is 3.71. The molecule has 2 saturated heterocycles. The molecule has 2 heteroatoms. The van der Waals surface area contributed by atoms with Crippen molar-refractivity contribution in [1.29, 1.82) is 0 Å². The summed E-state index contributed by atoms with van der Waals surface area (Å²) in [5.41, 5.74) is 0. The van der Waals surface area contributed by atoms with Crippen LogP contribution in [-0.4, -0.2) is 37.7 Å². The minimum atomic E-state index is 0.888. The maximum atomic E-state index is 5.45. The van der Waals surface area contributed by atoms with Crippen LogP contribution in [-0.2, 0) is 4.74 Å². The first kappa shape index (κ1) is 9.47. The van der Waals surface area contributed by atoms with Gasteiger partial charge in [-0.15, -0.1) is 0 Å². The average molecular weight is 183 g/mol. The minimum absolute atomic E-state index is 0.888. The number of hydrogen-bond donors (Lipinski definition) is 0. The van der Waals surface area contributed by atoms with Crippen molar-refractivity contribution in [3.8, 4) is 0 Å². The zero-order valence-electron chi connectivity index (χ0n) is 8.67. The van der Waals surface area contributed by atoms with E-state index in [4.69, 9.17) is 4.74 Å². The van der Waals surface area contributed by atoms with E-state index in [1.807, 2.05) is 0 Å². The maximum Gasteiger partial charge on any atom is 0.0497 e. The Bertz CT molecular complexity index is 146. The van der Waals surface area contributed by atoms with E-state index >= 15 is 0 Å². The molecule has 2 aliphatic heterocycles. The average Bonchev–Trinajstić information content (AvgIpc) is 2.71. The molecule has 0 saturated carbocycles. The van der Waals surface area contributed by atoms with Crippen LogP contribution < -0.4 is 0 Å². The fourth-order valence-electron chi connectivity index (χ4n) is 2.67. The third-order valence-electron chi connectivity index (χ3n) is 3.71. The molecule has 0 amide bonds. The number of piperidine rings is 1. The van der Waals surface area contributed by atoms with Gasteiger partial charge in [0.1, 0.15) is 0 Å². The van der Waals surface area contributed by atoms with Crippen molar-refractivity contribution in [2.45, 2.75) is 26.2 Å². The zero-order valence-corrected chi connectivity index (χ0v) is 8.67. The van der Waals surface area contributed by atoms with Crippen LogP contribution in [0.5, 0.6) is 0 Å². The Labute approximate surface area is 81.3 Å². The van der Waals surface area contributed by atoms with Gasteiger partial charge in [-0.05, 0) is 50.7 Å². The highest BCUT2D eigenvalue weighted by Crippen LogP contribution is 2.30. The molecule has 13 heavy (non-hydrogen) atoms. The summed E-state index contributed by atoms with van der Waals surface area (Å²) >= 11 is 0. The first-order valence-corrected chi connectivity index (χ1v) is 5.70. The molecule has 2 heterocycles. The van der Waals surface area contributed by atoms with Crippen LogP contribution in [0.2, 0.25) is 0 Å². The Balaban J connectivity index is 1.77. The second-order valence-corrected chi connectivity index (χ2v) is 4.40. The molecule has 0 aliphatic carbocycles. The summed E-state index contributed by atoms with van der Waals surface area (Å²) in [6.45, 7) is 8.18. The summed E-state index contributed by atoms with van der Waals surface area (Å²) < 4.78 is 5.45. The van der Waals surface area contributed by atoms with Crippen molar-refractivity contribution in [2.24, 2.45) is 11.8 Å². The smallest absolute Gasteiger partial charge is 0.0497 e. The van der Waals surface area contributed by atoms with Crippen LogP contribution in [0, 0.1) is 11.8 Å². The van der Waals surface area contributed by atoms with Crippen molar-refractivity contribution in [1.82, 2.24) is 4.90 Å². The largest absolute Gasteiger partial charge is 0.381 e. The predicted molar refractivity (Wildman–Crippen MR) is 53.8 cm³/mol. The van der Waals surface area contributed by atoms with Gasteiger partial charge in [-0.1, -0.05) is 6.92 Å². The number of ether oxygens (including phenoxy) is 1. The number of hydrogen-bond acceptors (Lipinski definition) is 2. The molecule has 2 aliphatic rings. The SMILES string of the molecule is CCN1CCC(C2CCOC2)CC1. The van der Waals surface area contributed by atoms with Crippen molar-refractivity contribution in [3.05, 3.63) is 0 Å². The van der Waals surface area contributed by atoms with Gasteiger partial charge in [0.25, 0.3) is 0 Å². The van der Waals surface area contributed by atoms with Crippen molar-refractivity contribution in [2.75, 3.05) is 32.8 Å². The van der Waals surface area contributed by atoms with Gasteiger partial charge in [0, 0.05) is 13.2 Å². The van der Waals surface area contributed by atoms with E-state index in [9.17, 15) is 0 Å². The summed E-state index contributed by atoms with van der Waals surface area (Å²) in [4.78, 5) is 2.56. The highest BCUT2D eigenvalue weighted by atomic mass is 16.5. The molecule has 2 rings (SSSR count). The van der Waals surface area contributed by atoms with Gasteiger partial charge in [-0.25, -0.2) is 0 Å². The molecule has 2 fully saturated rings. The standard InChI is InChI=1S/C11H21NO/c1-2-12-6-3-10(4-7-12)11-5-8-13-9-11/h10-11H,2-9H2,1H3. The monoisotopic (exact) mass is 183 g/mol. The first-order chi connectivity index (χ1) is 6.40. The van der Waals surface area contributed by atoms with Gasteiger partial charge in [0.05, 0.1) is 0 Å². The summed E-state index contributed by atoms with van der Waals surface area (Å²) in [5.74, 6) is 1.85. The van der Waals surface area contributed by atoms with Crippen LogP contribution in [0.3, 0.4) is 0 Å². The lowest BCUT2D eigenvalue weighted by Crippen LogP contribution is -2.36. The molecule has 0 spiro atoms. The molecule has 2 nitrogen and oxygen atoms in total. The van der Waals surface area contributed by atoms with E-state index < -0.39 is 0 Å². The first-order valence-electron chi connectivity index (χ1n) is 5.70. The Morgan fingerprint density at radius 3 is 2.46 bits per heavy atom. The number of likely N-dealkylation sites (tertiary alicyclic amines) is 1. The number of nitrogens with zero attached hydrogens (tertiary/aromatic N) is 1. The van der Waals surface area contributed by atoms with Gasteiger partial charge in [0.2, 0.25) is 0 Å². The van der Waals surface area contributed by atoms with Gasteiger partial charge in [-0.2, -0.15) is 0 Å². The fourth-order valence-corrected chi connectivity index (χ4v) is 2.67. The van der Waals surface area contributed by atoms with Crippen molar-refractivity contribution >= 4 is 0 Å². The van der Waals surface area contributed by atoms with Crippen molar-refractivity contribution in [3.63, 3.8) is 0 Å². The second-order valence-electron chi connectivity index (χ2n) is 4.40. The molecular formula is C11H21NO. The van der Waals surface area contributed by atoms with E-state index in [1.54, 1.807) is 0 Å². The lowest BCUT2D eigenvalue weighted by Gasteiger charge is -2.33. The summed E-state index contributed by atoms with van der Waals surface area (Å²) in [6.07, 6.45) is 4.13. The molecule has 0 bridgehead atoms. The molecular weight excluding hydrogens is 162 g/mol. The van der Waals surface area contributed by atoms with Crippen molar-refractivity contribution < 1.29 is 4.74 Å². The molecule has 0 aromatic rings. The van der Waals surface area contributed by atoms with Crippen LogP contribution in [0.4, 0.5) is 0 Å². The molecule has 76 valence electrons. The predicted octanol–water partition coefficient (Wildman–Crippen LogP) is 1.75. The van der Waals surface area contributed by atoms with Crippen LogP contribution in [0.25, 0.3) is 0 Å². The van der Waals surface area contributed by atoms with Gasteiger partial charge < -0.3 is 9.64 Å². The van der Waals surface area contributed by atoms with E-state index in [1.165, 1.54) is 38.9 Å². The third kappa shape index (κ3) is 2.23. The highest BCUT2D eigenvalue weighted by molar-refractivity contribution is 4.79. The molecule has 0 radical (unpaired) electrons. The van der Waals surface area contributed by atoms with Crippen LogP contribution in [0.1, 0.15) is 26.2 Å². The van der Waals surface area contributed by atoms with E-state index in [0.717, 1.165) is 25.0 Å². The van der Waals surface area contributed by atoms with Gasteiger partial charge >= 0.3 is 0 Å². The Hall–Kier alpha value is -0.0800. The summed E-state index contributed by atoms with van der Waals surface area (Å²) in [5, 5.41) is 0. The normalized spacial score (nSPS) is 32.5. The minimum Gasteiger partial charge on any atom is -0.381 e. The quantitative estimate of drug-likeness (QED) is 0.647. The van der Waals surface area contributed by atoms with E-state index in [0.29, 0.717) is 0 Å². The summed E-state index contributed by atoms with van der Waals surface area (Å²) in [6, 6.07) is 0. The van der Waals surface area contributed by atoms with Gasteiger partial charge in [-0.3, -0.25) is 0 Å². The highest BCUT2D eigenvalue weighted by Gasteiger charge is 2.28. The zero-order chi connectivity index (χ0) is 9.10. The van der Waals surface area contributed by atoms with E-state index in [-0.39, 0.29) is 0 Å². The maximum absolute atomic E-state index is 5.45.